The standard InChI is InChI=1S/C30H35N5O3/c1-22-6-13-25(14-7-22)33-30(37)29(32-16-17-35-18-20-38-21-19-35)24-11-8-23(9-12-24)10-15-28(36)34-27-5-3-2-4-26(27)31/h2-15,29,32H,16-21,31H2,1H3,(H,33,37)(H,34,36). The maximum atomic E-state index is 13.3. The third-order valence-electron chi connectivity index (χ3n) is 6.38. The fraction of sp³-hybridized carbons (Fsp3) is 0.267. The molecule has 1 unspecified atom stereocenters. The van der Waals surface area contributed by atoms with E-state index in [9.17, 15) is 9.59 Å². The summed E-state index contributed by atoms with van der Waals surface area (Å²) in [7, 11) is 0. The third kappa shape index (κ3) is 8.01. The Labute approximate surface area is 223 Å². The van der Waals surface area contributed by atoms with Crippen LogP contribution in [0.25, 0.3) is 6.08 Å². The highest BCUT2D eigenvalue weighted by Crippen LogP contribution is 2.19. The lowest BCUT2D eigenvalue weighted by Gasteiger charge is -2.27. The Morgan fingerprint density at radius 3 is 2.39 bits per heavy atom. The van der Waals surface area contributed by atoms with E-state index in [1.54, 1.807) is 18.2 Å². The van der Waals surface area contributed by atoms with Crippen LogP contribution in [0.2, 0.25) is 0 Å². The predicted molar refractivity (Wildman–Crippen MR) is 153 cm³/mol. The number of carbonyl (C=O) groups is 2. The first-order valence-electron chi connectivity index (χ1n) is 12.8. The van der Waals surface area contributed by atoms with E-state index >= 15 is 0 Å². The summed E-state index contributed by atoms with van der Waals surface area (Å²) in [5.41, 5.74) is 10.5. The normalized spacial score (nSPS) is 14.8. The summed E-state index contributed by atoms with van der Waals surface area (Å²) < 4.78 is 5.43. The van der Waals surface area contributed by atoms with Crippen molar-refractivity contribution < 1.29 is 14.3 Å². The number of rotatable bonds is 10. The molecule has 0 saturated carbocycles. The molecule has 3 aromatic carbocycles. The van der Waals surface area contributed by atoms with E-state index in [0.29, 0.717) is 17.9 Å². The second-order valence-corrected chi connectivity index (χ2v) is 9.27. The summed E-state index contributed by atoms with van der Waals surface area (Å²) in [4.78, 5) is 27.9. The van der Waals surface area contributed by atoms with Crippen LogP contribution < -0.4 is 21.7 Å². The number of ether oxygens (including phenoxy) is 1. The predicted octanol–water partition coefficient (Wildman–Crippen LogP) is 3.83. The van der Waals surface area contributed by atoms with Crippen LogP contribution in [-0.2, 0) is 14.3 Å². The Kier molecular flexibility index (Phi) is 9.64. The van der Waals surface area contributed by atoms with Crippen molar-refractivity contribution in [1.29, 1.82) is 0 Å². The monoisotopic (exact) mass is 513 g/mol. The van der Waals surface area contributed by atoms with Crippen molar-refractivity contribution in [2.75, 3.05) is 55.8 Å². The summed E-state index contributed by atoms with van der Waals surface area (Å²) in [5, 5.41) is 9.23. The third-order valence-corrected chi connectivity index (χ3v) is 6.38. The van der Waals surface area contributed by atoms with Gasteiger partial charge < -0.3 is 26.4 Å². The van der Waals surface area contributed by atoms with Gasteiger partial charge in [0.2, 0.25) is 11.8 Å². The Balaban J connectivity index is 1.41. The van der Waals surface area contributed by atoms with E-state index in [1.807, 2.05) is 67.6 Å². The van der Waals surface area contributed by atoms with Crippen molar-refractivity contribution in [1.82, 2.24) is 10.2 Å². The van der Waals surface area contributed by atoms with Crippen LogP contribution in [0.4, 0.5) is 17.1 Å². The number of morpholine rings is 1. The van der Waals surface area contributed by atoms with Gasteiger partial charge in [-0.1, -0.05) is 54.1 Å². The number of nitrogen functional groups attached to an aromatic ring is 1. The fourth-order valence-electron chi connectivity index (χ4n) is 4.16. The highest BCUT2D eigenvalue weighted by molar-refractivity contribution is 6.03. The molecular weight excluding hydrogens is 478 g/mol. The van der Waals surface area contributed by atoms with Gasteiger partial charge in [0, 0.05) is 37.9 Å². The van der Waals surface area contributed by atoms with Gasteiger partial charge in [0.15, 0.2) is 0 Å². The van der Waals surface area contributed by atoms with Crippen LogP contribution in [0, 0.1) is 6.92 Å². The van der Waals surface area contributed by atoms with Crippen molar-refractivity contribution in [3.05, 3.63) is 95.6 Å². The smallest absolute Gasteiger partial charge is 0.248 e. The van der Waals surface area contributed by atoms with Gasteiger partial charge in [0.05, 0.1) is 24.6 Å². The molecule has 1 saturated heterocycles. The molecule has 1 aliphatic rings. The van der Waals surface area contributed by atoms with E-state index in [4.69, 9.17) is 10.5 Å². The van der Waals surface area contributed by atoms with Crippen LogP contribution in [0.15, 0.2) is 78.9 Å². The van der Waals surface area contributed by atoms with E-state index < -0.39 is 6.04 Å². The van der Waals surface area contributed by atoms with Crippen molar-refractivity contribution in [2.45, 2.75) is 13.0 Å². The summed E-state index contributed by atoms with van der Waals surface area (Å²) in [6.45, 7) is 6.78. The first kappa shape index (κ1) is 27.1. The van der Waals surface area contributed by atoms with Gasteiger partial charge in [0.25, 0.3) is 0 Å². The molecule has 2 amide bonds. The minimum absolute atomic E-state index is 0.126. The van der Waals surface area contributed by atoms with Gasteiger partial charge in [0.1, 0.15) is 6.04 Å². The summed E-state index contributed by atoms with van der Waals surface area (Å²) in [6.07, 6.45) is 3.19. The zero-order valence-electron chi connectivity index (χ0n) is 21.7. The zero-order chi connectivity index (χ0) is 26.7. The van der Waals surface area contributed by atoms with E-state index in [0.717, 1.165) is 55.2 Å². The van der Waals surface area contributed by atoms with Gasteiger partial charge in [-0.2, -0.15) is 0 Å². The average molecular weight is 514 g/mol. The molecule has 38 heavy (non-hydrogen) atoms. The number of para-hydroxylation sites is 2. The van der Waals surface area contributed by atoms with Crippen LogP contribution >= 0.6 is 0 Å². The number of amides is 2. The number of benzene rings is 3. The lowest BCUT2D eigenvalue weighted by Crippen LogP contribution is -2.42. The zero-order valence-corrected chi connectivity index (χ0v) is 21.7. The van der Waals surface area contributed by atoms with Crippen LogP contribution in [0.3, 0.4) is 0 Å². The molecule has 4 rings (SSSR count). The summed E-state index contributed by atoms with van der Waals surface area (Å²) in [5.74, 6) is -0.397. The first-order valence-corrected chi connectivity index (χ1v) is 12.8. The molecule has 5 N–H and O–H groups in total. The molecule has 0 aromatic heterocycles. The van der Waals surface area contributed by atoms with E-state index in [-0.39, 0.29) is 11.8 Å². The van der Waals surface area contributed by atoms with E-state index in [2.05, 4.69) is 20.9 Å². The van der Waals surface area contributed by atoms with Gasteiger partial charge in [-0.25, -0.2) is 0 Å². The minimum atomic E-state index is -0.528. The molecule has 198 valence electrons. The molecular formula is C30H35N5O3. The SMILES string of the molecule is Cc1ccc(NC(=O)C(NCCN2CCOCC2)c2ccc(C=CC(=O)Nc3ccccc3N)cc2)cc1. The Bertz CT molecular complexity index is 1240. The Hall–Kier alpha value is -3.98. The molecule has 8 heteroatoms. The number of carbonyl (C=O) groups excluding carboxylic acids is 2. The molecule has 1 heterocycles. The molecule has 8 nitrogen and oxygen atoms in total. The number of hydrogen-bond donors (Lipinski definition) is 4. The molecule has 0 radical (unpaired) electrons. The molecule has 0 spiro atoms. The lowest BCUT2D eigenvalue weighted by atomic mass is 10.0. The van der Waals surface area contributed by atoms with Crippen LogP contribution in [-0.4, -0.2) is 56.1 Å². The average Bonchev–Trinajstić information content (AvgIpc) is 2.93. The number of anilines is 3. The molecule has 1 atom stereocenters. The molecule has 1 fully saturated rings. The lowest BCUT2D eigenvalue weighted by molar-refractivity contribution is -0.118. The van der Waals surface area contributed by atoms with Crippen molar-refractivity contribution in [3.63, 3.8) is 0 Å². The van der Waals surface area contributed by atoms with Gasteiger partial charge >= 0.3 is 0 Å². The summed E-state index contributed by atoms with van der Waals surface area (Å²) in [6, 6.07) is 21.9. The molecule has 0 bridgehead atoms. The fourth-order valence-corrected chi connectivity index (χ4v) is 4.16. The topological polar surface area (TPSA) is 109 Å². The van der Waals surface area contributed by atoms with Gasteiger partial charge in [-0.3, -0.25) is 14.5 Å². The number of nitrogens with two attached hydrogens (primary N) is 1. The largest absolute Gasteiger partial charge is 0.397 e. The molecule has 1 aliphatic heterocycles. The van der Waals surface area contributed by atoms with Gasteiger partial charge in [-0.15, -0.1) is 0 Å². The molecule has 0 aliphatic carbocycles. The van der Waals surface area contributed by atoms with E-state index in [1.165, 1.54) is 6.08 Å². The number of nitrogens with one attached hydrogen (secondary N) is 3. The maximum absolute atomic E-state index is 13.3. The van der Waals surface area contributed by atoms with Crippen molar-refractivity contribution in [2.24, 2.45) is 0 Å². The van der Waals surface area contributed by atoms with Gasteiger partial charge in [-0.05, 0) is 48.4 Å². The van der Waals surface area contributed by atoms with Crippen LogP contribution in [0.1, 0.15) is 22.7 Å². The number of nitrogens with zero attached hydrogens (tertiary/aromatic N) is 1. The Morgan fingerprint density at radius 2 is 1.68 bits per heavy atom. The Morgan fingerprint density at radius 1 is 0.974 bits per heavy atom. The maximum Gasteiger partial charge on any atom is 0.248 e. The minimum Gasteiger partial charge on any atom is -0.397 e. The highest BCUT2D eigenvalue weighted by atomic mass is 16.5. The first-order chi connectivity index (χ1) is 18.5. The van der Waals surface area contributed by atoms with Crippen LogP contribution in [0.5, 0.6) is 0 Å². The second kappa shape index (κ2) is 13.5. The van der Waals surface area contributed by atoms with Crippen molar-refractivity contribution in [3.8, 4) is 0 Å². The molecule has 3 aromatic rings. The highest BCUT2D eigenvalue weighted by Gasteiger charge is 2.21. The summed E-state index contributed by atoms with van der Waals surface area (Å²) >= 11 is 0. The number of aryl methyl sites for hydroxylation is 1. The van der Waals surface area contributed by atoms with Crippen molar-refractivity contribution >= 4 is 35.0 Å². The second-order valence-electron chi connectivity index (χ2n) is 9.27. The quantitative estimate of drug-likeness (QED) is 0.242. The number of hydrogen-bond acceptors (Lipinski definition) is 6.